The lowest BCUT2D eigenvalue weighted by Crippen LogP contribution is -2.33. The van der Waals surface area contributed by atoms with Gasteiger partial charge in [0.1, 0.15) is 0 Å². The molecule has 0 aromatic carbocycles. The normalized spacial score (nSPS) is 40.3. The highest BCUT2D eigenvalue weighted by Gasteiger charge is 2.25. The van der Waals surface area contributed by atoms with Gasteiger partial charge in [-0.1, -0.05) is 0 Å². The van der Waals surface area contributed by atoms with Gasteiger partial charge in [-0.2, -0.15) is 0 Å². The number of likely N-dealkylation sites (tertiary alicyclic amines) is 1. The van der Waals surface area contributed by atoms with E-state index in [2.05, 4.69) is 24.2 Å². The molecule has 2 heterocycles. The average Bonchev–Trinajstić information content (AvgIpc) is 2.51. The van der Waals surface area contributed by atoms with Crippen molar-refractivity contribution in [2.75, 3.05) is 26.7 Å². The fourth-order valence-electron chi connectivity index (χ4n) is 3.15. The summed E-state index contributed by atoms with van der Waals surface area (Å²) < 4.78 is 0. The van der Waals surface area contributed by atoms with Crippen molar-refractivity contribution in [2.45, 2.75) is 38.6 Å². The van der Waals surface area contributed by atoms with Crippen molar-refractivity contribution in [3.63, 3.8) is 0 Å². The van der Waals surface area contributed by atoms with Gasteiger partial charge in [0.15, 0.2) is 0 Å². The topological polar surface area (TPSA) is 15.3 Å². The van der Waals surface area contributed by atoms with Crippen molar-refractivity contribution in [3.8, 4) is 0 Å². The lowest BCUT2D eigenvalue weighted by Gasteiger charge is -2.31. The molecular formula is C12H24N2. The summed E-state index contributed by atoms with van der Waals surface area (Å²) in [6.45, 7) is 6.23. The third-order valence-electron chi connectivity index (χ3n) is 3.83. The number of nitrogens with zero attached hydrogens (tertiary/aromatic N) is 1. The lowest BCUT2D eigenvalue weighted by molar-refractivity contribution is 0.187. The first-order valence-electron chi connectivity index (χ1n) is 6.16. The summed E-state index contributed by atoms with van der Waals surface area (Å²) in [4.78, 5) is 2.50. The van der Waals surface area contributed by atoms with Crippen LogP contribution in [0.5, 0.6) is 0 Å². The zero-order valence-electron chi connectivity index (χ0n) is 9.63. The minimum atomic E-state index is 0.765. The van der Waals surface area contributed by atoms with Gasteiger partial charge in [-0.25, -0.2) is 0 Å². The van der Waals surface area contributed by atoms with Crippen LogP contribution in [0, 0.1) is 11.8 Å². The van der Waals surface area contributed by atoms with Crippen LogP contribution in [0.3, 0.4) is 0 Å². The fourth-order valence-corrected chi connectivity index (χ4v) is 3.15. The van der Waals surface area contributed by atoms with E-state index in [-0.39, 0.29) is 0 Å². The van der Waals surface area contributed by atoms with Crippen molar-refractivity contribution in [3.05, 3.63) is 0 Å². The number of rotatable bonds is 2. The molecular weight excluding hydrogens is 172 g/mol. The standard InChI is InChI=1S/C12H24N2/c1-10-6-12(8-13-10)7-11-4-3-5-14(2)9-11/h10-13H,3-9H2,1-2H3. The molecule has 0 bridgehead atoms. The molecule has 2 fully saturated rings. The molecule has 0 radical (unpaired) electrons. The lowest BCUT2D eigenvalue weighted by atomic mass is 9.87. The van der Waals surface area contributed by atoms with E-state index in [1.807, 2.05) is 0 Å². The molecule has 3 atom stereocenters. The Kier molecular flexibility index (Phi) is 3.45. The van der Waals surface area contributed by atoms with Gasteiger partial charge in [-0.15, -0.1) is 0 Å². The summed E-state index contributed by atoms with van der Waals surface area (Å²) in [5.41, 5.74) is 0. The number of nitrogens with one attached hydrogen (secondary N) is 1. The van der Waals surface area contributed by atoms with Gasteiger partial charge in [0.25, 0.3) is 0 Å². The molecule has 2 rings (SSSR count). The Bertz CT molecular complexity index is 181. The molecule has 0 amide bonds. The van der Waals surface area contributed by atoms with E-state index in [0.29, 0.717) is 0 Å². The van der Waals surface area contributed by atoms with Crippen LogP contribution in [-0.2, 0) is 0 Å². The Morgan fingerprint density at radius 3 is 2.86 bits per heavy atom. The van der Waals surface area contributed by atoms with Crippen LogP contribution in [0.25, 0.3) is 0 Å². The van der Waals surface area contributed by atoms with E-state index in [4.69, 9.17) is 0 Å². The Morgan fingerprint density at radius 1 is 1.36 bits per heavy atom. The molecule has 2 nitrogen and oxygen atoms in total. The van der Waals surface area contributed by atoms with Crippen LogP contribution in [0.2, 0.25) is 0 Å². The largest absolute Gasteiger partial charge is 0.314 e. The molecule has 3 unspecified atom stereocenters. The summed E-state index contributed by atoms with van der Waals surface area (Å²) in [5.74, 6) is 1.94. The van der Waals surface area contributed by atoms with E-state index in [9.17, 15) is 0 Å². The smallest absolute Gasteiger partial charge is 0.00419 e. The maximum absolute atomic E-state index is 3.56. The van der Waals surface area contributed by atoms with Gasteiger partial charge in [-0.3, -0.25) is 0 Å². The molecule has 2 aliphatic heterocycles. The van der Waals surface area contributed by atoms with E-state index >= 15 is 0 Å². The van der Waals surface area contributed by atoms with Gasteiger partial charge in [-0.05, 0) is 64.6 Å². The molecule has 0 aromatic heterocycles. The zero-order chi connectivity index (χ0) is 9.97. The van der Waals surface area contributed by atoms with E-state index in [0.717, 1.165) is 17.9 Å². The maximum atomic E-state index is 3.56. The van der Waals surface area contributed by atoms with Crippen LogP contribution < -0.4 is 5.32 Å². The van der Waals surface area contributed by atoms with Gasteiger partial charge >= 0.3 is 0 Å². The number of hydrogen-bond donors (Lipinski definition) is 1. The Morgan fingerprint density at radius 2 is 2.21 bits per heavy atom. The van der Waals surface area contributed by atoms with Crippen molar-refractivity contribution >= 4 is 0 Å². The second-order valence-electron chi connectivity index (χ2n) is 5.42. The molecule has 1 N–H and O–H groups in total. The van der Waals surface area contributed by atoms with E-state index < -0.39 is 0 Å². The molecule has 2 aliphatic rings. The molecule has 2 saturated heterocycles. The zero-order valence-corrected chi connectivity index (χ0v) is 9.63. The summed E-state index contributed by atoms with van der Waals surface area (Å²) in [5, 5.41) is 3.56. The van der Waals surface area contributed by atoms with Gasteiger partial charge in [0.05, 0.1) is 0 Å². The van der Waals surface area contributed by atoms with Crippen LogP contribution >= 0.6 is 0 Å². The second kappa shape index (κ2) is 4.63. The third kappa shape index (κ3) is 2.71. The molecule has 0 spiro atoms. The highest BCUT2D eigenvalue weighted by Crippen LogP contribution is 2.27. The first-order chi connectivity index (χ1) is 6.74. The molecule has 0 aromatic rings. The maximum Gasteiger partial charge on any atom is 0.00419 e. The summed E-state index contributed by atoms with van der Waals surface area (Å²) in [6, 6.07) is 0.765. The fraction of sp³-hybridized carbons (Fsp3) is 1.00. The highest BCUT2D eigenvalue weighted by molar-refractivity contribution is 4.82. The van der Waals surface area contributed by atoms with E-state index in [1.165, 1.54) is 45.3 Å². The van der Waals surface area contributed by atoms with Crippen molar-refractivity contribution in [1.82, 2.24) is 10.2 Å². The predicted octanol–water partition coefficient (Wildman–Crippen LogP) is 1.72. The third-order valence-corrected chi connectivity index (χ3v) is 3.83. The SMILES string of the molecule is CC1CC(CC2CCCN(C)C2)CN1. The predicted molar refractivity (Wildman–Crippen MR) is 60.4 cm³/mol. The van der Waals surface area contributed by atoms with Crippen molar-refractivity contribution < 1.29 is 0 Å². The van der Waals surface area contributed by atoms with Crippen molar-refractivity contribution in [1.29, 1.82) is 0 Å². The summed E-state index contributed by atoms with van der Waals surface area (Å²) in [6.07, 6.45) is 5.74. The number of hydrogen-bond acceptors (Lipinski definition) is 2. The Balaban J connectivity index is 1.74. The Labute approximate surface area is 88.1 Å². The summed E-state index contributed by atoms with van der Waals surface area (Å²) in [7, 11) is 2.27. The van der Waals surface area contributed by atoms with Gasteiger partial charge in [0.2, 0.25) is 0 Å². The van der Waals surface area contributed by atoms with E-state index in [1.54, 1.807) is 0 Å². The Hall–Kier alpha value is -0.0800. The second-order valence-corrected chi connectivity index (χ2v) is 5.42. The van der Waals surface area contributed by atoms with Crippen LogP contribution in [0.1, 0.15) is 32.6 Å². The van der Waals surface area contributed by atoms with Crippen molar-refractivity contribution in [2.24, 2.45) is 11.8 Å². The van der Waals surface area contributed by atoms with Crippen LogP contribution in [0.4, 0.5) is 0 Å². The highest BCUT2D eigenvalue weighted by atomic mass is 15.1. The minimum absolute atomic E-state index is 0.765. The minimum Gasteiger partial charge on any atom is -0.314 e. The first-order valence-corrected chi connectivity index (χ1v) is 6.16. The molecule has 82 valence electrons. The van der Waals surface area contributed by atoms with Crippen LogP contribution in [0.15, 0.2) is 0 Å². The molecule has 14 heavy (non-hydrogen) atoms. The monoisotopic (exact) mass is 196 g/mol. The molecule has 2 heteroatoms. The quantitative estimate of drug-likeness (QED) is 0.723. The average molecular weight is 196 g/mol. The van der Waals surface area contributed by atoms with Gasteiger partial charge in [0, 0.05) is 12.6 Å². The molecule has 0 aliphatic carbocycles. The molecule has 0 saturated carbocycles. The van der Waals surface area contributed by atoms with Gasteiger partial charge < -0.3 is 10.2 Å². The summed E-state index contributed by atoms with van der Waals surface area (Å²) >= 11 is 0. The van der Waals surface area contributed by atoms with Crippen LogP contribution in [-0.4, -0.2) is 37.6 Å². The first kappa shape index (κ1) is 10.4. The number of piperidine rings is 1.